The molecule has 3 rings (SSSR count). The van der Waals surface area contributed by atoms with Gasteiger partial charge in [0.1, 0.15) is 5.75 Å². The highest BCUT2D eigenvalue weighted by molar-refractivity contribution is 7.92. The molecule has 0 radical (unpaired) electrons. The summed E-state index contributed by atoms with van der Waals surface area (Å²) in [5.74, 6) is 0.322. The summed E-state index contributed by atoms with van der Waals surface area (Å²) in [4.78, 5) is 24.8. The second-order valence-electron chi connectivity index (χ2n) is 7.27. The molecule has 0 aromatic heterocycles. The van der Waals surface area contributed by atoms with Gasteiger partial charge in [-0.25, -0.2) is 8.42 Å². The van der Waals surface area contributed by atoms with Gasteiger partial charge in [0.15, 0.2) is 0 Å². The van der Waals surface area contributed by atoms with Gasteiger partial charge >= 0.3 is 0 Å². The molecular formula is C20H23N3O6S. The van der Waals surface area contributed by atoms with E-state index in [1.807, 2.05) is 0 Å². The molecule has 0 saturated carbocycles. The normalized spacial score (nSPS) is 16.7. The van der Waals surface area contributed by atoms with Gasteiger partial charge in [-0.3, -0.25) is 19.6 Å². The minimum Gasteiger partial charge on any atom is -0.495 e. The third kappa shape index (κ3) is 4.70. The Bertz CT molecular complexity index is 1070. The largest absolute Gasteiger partial charge is 0.495 e. The molecule has 1 aliphatic rings. The van der Waals surface area contributed by atoms with E-state index in [0.717, 1.165) is 18.9 Å². The van der Waals surface area contributed by atoms with Crippen LogP contribution < -0.4 is 9.46 Å². The summed E-state index contributed by atoms with van der Waals surface area (Å²) < 4.78 is 33.2. The third-order valence-electron chi connectivity index (χ3n) is 4.97. The number of hydrogen-bond donors (Lipinski definition) is 1. The van der Waals surface area contributed by atoms with E-state index in [1.165, 1.54) is 37.4 Å². The second kappa shape index (κ2) is 8.70. The number of nitrogens with one attached hydrogen (secondary N) is 1. The minimum atomic E-state index is -4.11. The zero-order valence-corrected chi connectivity index (χ0v) is 17.5. The van der Waals surface area contributed by atoms with Crippen molar-refractivity contribution in [2.45, 2.75) is 24.7 Å². The third-order valence-corrected chi connectivity index (χ3v) is 6.34. The van der Waals surface area contributed by atoms with Crippen molar-refractivity contribution in [1.82, 2.24) is 4.90 Å². The van der Waals surface area contributed by atoms with Crippen molar-refractivity contribution in [2.24, 2.45) is 5.92 Å². The van der Waals surface area contributed by atoms with Crippen molar-refractivity contribution >= 4 is 27.3 Å². The topological polar surface area (TPSA) is 119 Å². The molecule has 0 bridgehead atoms. The van der Waals surface area contributed by atoms with Crippen molar-refractivity contribution < 1.29 is 22.9 Å². The average molecular weight is 433 g/mol. The molecule has 2 aromatic rings. The zero-order valence-electron chi connectivity index (χ0n) is 16.7. The number of hydrogen-bond acceptors (Lipinski definition) is 6. The number of nitrogens with zero attached hydrogens (tertiary/aromatic N) is 2. The van der Waals surface area contributed by atoms with Crippen molar-refractivity contribution in [2.75, 3.05) is 24.9 Å². The molecule has 160 valence electrons. The number of piperidine rings is 1. The molecule has 1 aliphatic heterocycles. The lowest BCUT2D eigenvalue weighted by atomic mass is 9.99. The summed E-state index contributed by atoms with van der Waals surface area (Å²) >= 11 is 0. The van der Waals surface area contributed by atoms with E-state index < -0.39 is 14.9 Å². The predicted octanol–water partition coefficient (Wildman–Crippen LogP) is 3.28. The van der Waals surface area contributed by atoms with Crippen LogP contribution in [0.4, 0.5) is 11.4 Å². The fraction of sp³-hybridized carbons (Fsp3) is 0.350. The Labute approximate surface area is 174 Å². The number of ether oxygens (including phenoxy) is 1. The first-order valence-corrected chi connectivity index (χ1v) is 10.9. The van der Waals surface area contributed by atoms with Crippen LogP contribution in [-0.2, 0) is 10.0 Å². The summed E-state index contributed by atoms with van der Waals surface area (Å²) in [5, 5.41) is 11.0. The van der Waals surface area contributed by atoms with Crippen LogP contribution in [0, 0.1) is 16.0 Å². The van der Waals surface area contributed by atoms with Crippen LogP contribution in [0.2, 0.25) is 0 Å². The maximum absolute atomic E-state index is 12.9. The van der Waals surface area contributed by atoms with Gasteiger partial charge in [0.05, 0.1) is 22.6 Å². The molecule has 1 amide bonds. The van der Waals surface area contributed by atoms with E-state index in [-0.39, 0.29) is 33.5 Å². The summed E-state index contributed by atoms with van der Waals surface area (Å²) in [6.07, 6.45) is 1.98. The smallest absolute Gasteiger partial charge is 0.271 e. The molecule has 9 nitrogen and oxygen atoms in total. The standard InChI is InChI=1S/C20H23N3O6S/c1-14-5-4-10-22(13-14)20(24)15-6-3-7-17(11-15)30(27,28)21-18-12-16(23(25)26)8-9-19(18)29-2/h3,6-9,11-12,14,21H,4-5,10,13H2,1-2H3. The first-order valence-electron chi connectivity index (χ1n) is 9.46. The van der Waals surface area contributed by atoms with Crippen molar-refractivity contribution in [1.29, 1.82) is 0 Å². The Hall–Kier alpha value is -3.14. The van der Waals surface area contributed by atoms with Crippen molar-refractivity contribution in [3.05, 3.63) is 58.1 Å². The molecule has 0 aliphatic carbocycles. The number of anilines is 1. The quantitative estimate of drug-likeness (QED) is 0.552. The molecule has 10 heteroatoms. The highest BCUT2D eigenvalue weighted by atomic mass is 32.2. The molecule has 0 spiro atoms. The summed E-state index contributed by atoms with van der Waals surface area (Å²) in [5.41, 5.74) is -0.0667. The maximum atomic E-state index is 12.9. The number of benzene rings is 2. The average Bonchev–Trinajstić information content (AvgIpc) is 2.73. The highest BCUT2D eigenvalue weighted by Crippen LogP contribution is 2.31. The highest BCUT2D eigenvalue weighted by Gasteiger charge is 2.24. The number of nitro groups is 1. The molecule has 1 atom stereocenters. The van der Waals surface area contributed by atoms with Gasteiger partial charge in [-0.15, -0.1) is 0 Å². The Morgan fingerprint density at radius 3 is 2.70 bits per heavy atom. The van der Waals surface area contributed by atoms with Gasteiger partial charge in [0.2, 0.25) is 0 Å². The lowest BCUT2D eigenvalue weighted by Gasteiger charge is -2.31. The van der Waals surface area contributed by atoms with E-state index in [1.54, 1.807) is 11.0 Å². The molecule has 1 unspecified atom stereocenters. The zero-order chi connectivity index (χ0) is 21.9. The van der Waals surface area contributed by atoms with E-state index in [0.29, 0.717) is 19.0 Å². The lowest BCUT2D eigenvalue weighted by Crippen LogP contribution is -2.39. The molecule has 1 heterocycles. The number of rotatable bonds is 6. The molecule has 1 N–H and O–H groups in total. The van der Waals surface area contributed by atoms with Crippen LogP contribution in [0.15, 0.2) is 47.4 Å². The first-order chi connectivity index (χ1) is 14.2. The van der Waals surface area contributed by atoms with E-state index in [2.05, 4.69) is 11.6 Å². The number of non-ortho nitro benzene ring substituents is 1. The van der Waals surface area contributed by atoms with Crippen LogP contribution in [0.1, 0.15) is 30.1 Å². The lowest BCUT2D eigenvalue weighted by molar-refractivity contribution is -0.384. The predicted molar refractivity (Wildman–Crippen MR) is 111 cm³/mol. The van der Waals surface area contributed by atoms with Crippen molar-refractivity contribution in [3.8, 4) is 5.75 Å². The summed E-state index contributed by atoms with van der Waals surface area (Å²) in [6, 6.07) is 9.37. The van der Waals surface area contributed by atoms with Crippen LogP contribution in [0.25, 0.3) is 0 Å². The number of carbonyl (C=O) groups excluding carboxylic acids is 1. The van der Waals surface area contributed by atoms with Crippen LogP contribution in [0.3, 0.4) is 0 Å². The fourth-order valence-electron chi connectivity index (χ4n) is 3.45. The molecule has 1 saturated heterocycles. The number of sulfonamides is 1. The van der Waals surface area contributed by atoms with Gasteiger partial charge in [-0.2, -0.15) is 0 Å². The van der Waals surface area contributed by atoms with E-state index in [4.69, 9.17) is 4.74 Å². The van der Waals surface area contributed by atoms with Gasteiger partial charge in [0, 0.05) is 30.8 Å². The second-order valence-corrected chi connectivity index (χ2v) is 8.96. The SMILES string of the molecule is COc1ccc([N+](=O)[O-])cc1NS(=O)(=O)c1cccc(C(=O)N2CCCC(C)C2)c1. The number of methoxy groups -OCH3 is 1. The number of likely N-dealkylation sites (tertiary alicyclic amines) is 1. The number of carbonyl (C=O) groups is 1. The number of amides is 1. The first kappa shape index (κ1) is 21.6. The number of nitro benzene ring substituents is 1. The van der Waals surface area contributed by atoms with Crippen LogP contribution in [0.5, 0.6) is 5.75 Å². The van der Waals surface area contributed by atoms with Crippen molar-refractivity contribution in [3.63, 3.8) is 0 Å². The molecular weight excluding hydrogens is 410 g/mol. The van der Waals surface area contributed by atoms with Gasteiger partial charge in [-0.1, -0.05) is 13.0 Å². The van der Waals surface area contributed by atoms with Crippen LogP contribution in [-0.4, -0.2) is 44.3 Å². The van der Waals surface area contributed by atoms with Gasteiger partial charge in [-0.05, 0) is 43.0 Å². The van der Waals surface area contributed by atoms with Crippen LogP contribution >= 0.6 is 0 Å². The molecule has 30 heavy (non-hydrogen) atoms. The minimum absolute atomic E-state index is 0.0618. The molecule has 2 aromatic carbocycles. The fourth-order valence-corrected chi connectivity index (χ4v) is 4.55. The Balaban J connectivity index is 1.89. The van der Waals surface area contributed by atoms with Gasteiger partial charge in [0.25, 0.3) is 21.6 Å². The van der Waals surface area contributed by atoms with E-state index >= 15 is 0 Å². The van der Waals surface area contributed by atoms with Gasteiger partial charge < -0.3 is 9.64 Å². The Morgan fingerprint density at radius 1 is 1.27 bits per heavy atom. The Morgan fingerprint density at radius 2 is 2.03 bits per heavy atom. The monoisotopic (exact) mass is 433 g/mol. The molecule has 1 fully saturated rings. The Kier molecular flexibility index (Phi) is 6.25. The summed E-state index contributed by atoms with van der Waals surface area (Å²) in [7, 11) is -2.78. The summed E-state index contributed by atoms with van der Waals surface area (Å²) in [6.45, 7) is 3.36. The maximum Gasteiger partial charge on any atom is 0.271 e. The van der Waals surface area contributed by atoms with E-state index in [9.17, 15) is 23.3 Å².